The van der Waals surface area contributed by atoms with Crippen molar-refractivity contribution >= 4 is 11.9 Å². The van der Waals surface area contributed by atoms with Crippen molar-refractivity contribution in [2.75, 3.05) is 13.1 Å². The van der Waals surface area contributed by atoms with E-state index in [0.29, 0.717) is 13.1 Å². The van der Waals surface area contributed by atoms with Crippen LogP contribution >= 0.6 is 0 Å². The van der Waals surface area contributed by atoms with Crippen molar-refractivity contribution < 1.29 is 14.7 Å². The Morgan fingerprint density at radius 2 is 1.92 bits per heavy atom. The maximum absolute atomic E-state index is 11.1. The molecule has 4 heteroatoms. The lowest BCUT2D eigenvalue weighted by molar-refractivity contribution is -0.149. The lowest BCUT2D eigenvalue weighted by Gasteiger charge is -2.45. The van der Waals surface area contributed by atoms with Crippen molar-refractivity contribution in [3.8, 4) is 0 Å². The number of nitrogens with zero attached hydrogens (tertiary/aromatic N) is 1. The molecule has 0 spiro atoms. The lowest BCUT2D eigenvalue weighted by Crippen LogP contribution is -2.55. The molecule has 0 aliphatic carbocycles. The van der Waals surface area contributed by atoms with Crippen LogP contribution in [-0.4, -0.2) is 35.0 Å². The Balaban J connectivity index is 2.33. The topological polar surface area (TPSA) is 57.6 Å². The molecule has 0 radical (unpaired) electrons. The van der Waals surface area contributed by atoms with E-state index in [1.54, 1.807) is 4.90 Å². The van der Waals surface area contributed by atoms with Crippen LogP contribution in [0.1, 0.15) is 20.3 Å². The van der Waals surface area contributed by atoms with Gasteiger partial charge in [-0.3, -0.25) is 9.59 Å². The van der Waals surface area contributed by atoms with E-state index in [2.05, 4.69) is 13.8 Å². The summed E-state index contributed by atoms with van der Waals surface area (Å²) in [7, 11) is 0. The van der Waals surface area contributed by atoms with E-state index in [1.807, 2.05) is 0 Å². The highest BCUT2D eigenvalue weighted by atomic mass is 16.4. The molecule has 1 heterocycles. The van der Waals surface area contributed by atoms with Gasteiger partial charge in [0, 0.05) is 13.1 Å². The van der Waals surface area contributed by atoms with Crippen molar-refractivity contribution in [2.24, 2.45) is 5.41 Å². The number of likely N-dealkylation sites (tertiary alicyclic amines) is 1. The van der Waals surface area contributed by atoms with Crippen LogP contribution in [0.5, 0.6) is 0 Å². The summed E-state index contributed by atoms with van der Waals surface area (Å²) < 4.78 is 0. The fourth-order valence-electron chi connectivity index (χ4n) is 1.40. The fraction of sp³-hybridized carbons (Fsp3) is 0.750. The minimum Gasteiger partial charge on any atom is -0.481 e. The normalized spacial score (nSPS) is 20.0. The molecule has 1 N–H and O–H groups in total. The number of hydrogen-bond acceptors (Lipinski definition) is 2. The van der Waals surface area contributed by atoms with Crippen molar-refractivity contribution in [1.29, 1.82) is 0 Å². The molecule has 12 heavy (non-hydrogen) atoms. The fourth-order valence-corrected chi connectivity index (χ4v) is 1.40. The quantitative estimate of drug-likeness (QED) is 0.609. The standard InChI is InChI=1S/C8H13NO3/c1-8(2)4-9(5-8)6(10)3-7(11)12/h3-5H2,1-2H3,(H,11,12). The van der Waals surface area contributed by atoms with Crippen LogP contribution in [-0.2, 0) is 9.59 Å². The van der Waals surface area contributed by atoms with Gasteiger partial charge in [-0.25, -0.2) is 0 Å². The number of amides is 1. The summed E-state index contributed by atoms with van der Waals surface area (Å²) in [5, 5.41) is 8.33. The van der Waals surface area contributed by atoms with Crippen molar-refractivity contribution in [3.63, 3.8) is 0 Å². The Hall–Kier alpha value is -1.06. The van der Waals surface area contributed by atoms with Gasteiger partial charge in [-0.1, -0.05) is 13.8 Å². The molecule has 1 saturated heterocycles. The second-order valence-electron chi connectivity index (χ2n) is 3.98. The van der Waals surface area contributed by atoms with Gasteiger partial charge in [-0.2, -0.15) is 0 Å². The molecule has 0 aromatic carbocycles. The van der Waals surface area contributed by atoms with Gasteiger partial charge in [0.1, 0.15) is 6.42 Å². The second kappa shape index (κ2) is 2.77. The summed E-state index contributed by atoms with van der Waals surface area (Å²) in [4.78, 5) is 22.8. The zero-order valence-corrected chi connectivity index (χ0v) is 7.33. The Bertz CT molecular complexity index is 214. The zero-order chi connectivity index (χ0) is 9.35. The summed E-state index contributed by atoms with van der Waals surface area (Å²) >= 11 is 0. The number of carboxylic acids is 1. The maximum atomic E-state index is 11.1. The van der Waals surface area contributed by atoms with Gasteiger partial charge in [0.15, 0.2) is 0 Å². The minimum absolute atomic E-state index is 0.175. The third kappa shape index (κ3) is 1.96. The average Bonchev–Trinajstić information content (AvgIpc) is 1.80. The predicted molar refractivity (Wildman–Crippen MR) is 42.6 cm³/mol. The SMILES string of the molecule is CC1(C)CN(C(=O)CC(=O)O)C1. The first-order valence-electron chi connectivity index (χ1n) is 3.90. The number of carboxylic acid groups (broad SMARTS) is 1. The minimum atomic E-state index is -1.05. The van der Waals surface area contributed by atoms with E-state index in [0.717, 1.165) is 0 Å². The molecular formula is C8H13NO3. The number of carbonyl (C=O) groups excluding carboxylic acids is 1. The second-order valence-corrected chi connectivity index (χ2v) is 3.98. The molecule has 68 valence electrons. The molecule has 0 aromatic heterocycles. The molecule has 0 unspecified atom stereocenters. The van der Waals surface area contributed by atoms with E-state index in [9.17, 15) is 9.59 Å². The Labute approximate surface area is 71.2 Å². The first-order valence-corrected chi connectivity index (χ1v) is 3.90. The first kappa shape index (κ1) is 9.03. The summed E-state index contributed by atoms with van der Waals surface area (Å²) in [5.74, 6) is -1.33. The third-order valence-corrected chi connectivity index (χ3v) is 1.89. The van der Waals surface area contributed by atoms with Gasteiger partial charge >= 0.3 is 5.97 Å². The average molecular weight is 171 g/mol. The van der Waals surface area contributed by atoms with E-state index in [4.69, 9.17) is 5.11 Å². The van der Waals surface area contributed by atoms with Crippen LogP contribution in [0.2, 0.25) is 0 Å². The van der Waals surface area contributed by atoms with E-state index < -0.39 is 5.97 Å². The van der Waals surface area contributed by atoms with Gasteiger partial charge in [-0.05, 0) is 5.41 Å². The summed E-state index contributed by atoms with van der Waals surface area (Å²) in [5.41, 5.74) is 0.175. The Morgan fingerprint density at radius 1 is 1.42 bits per heavy atom. The van der Waals surface area contributed by atoms with Crippen LogP contribution in [0.4, 0.5) is 0 Å². The van der Waals surface area contributed by atoms with Gasteiger partial charge < -0.3 is 10.0 Å². The number of carbonyl (C=O) groups is 2. The summed E-state index contributed by atoms with van der Waals surface area (Å²) in [6.45, 7) is 5.47. The van der Waals surface area contributed by atoms with Crippen LogP contribution < -0.4 is 0 Å². The lowest BCUT2D eigenvalue weighted by atomic mass is 9.84. The Kier molecular flexibility index (Phi) is 2.08. The van der Waals surface area contributed by atoms with Crippen LogP contribution in [0.25, 0.3) is 0 Å². The summed E-state index contributed by atoms with van der Waals surface area (Å²) in [6.07, 6.45) is -0.379. The molecule has 1 aliphatic heterocycles. The molecule has 1 rings (SSSR count). The van der Waals surface area contributed by atoms with E-state index in [-0.39, 0.29) is 17.7 Å². The summed E-state index contributed by atoms with van der Waals surface area (Å²) in [6, 6.07) is 0. The highest BCUT2D eigenvalue weighted by molar-refractivity contribution is 5.93. The largest absolute Gasteiger partial charge is 0.481 e. The highest BCUT2D eigenvalue weighted by Gasteiger charge is 2.37. The van der Waals surface area contributed by atoms with Gasteiger partial charge in [0.05, 0.1) is 0 Å². The molecular weight excluding hydrogens is 158 g/mol. The molecule has 0 atom stereocenters. The van der Waals surface area contributed by atoms with Gasteiger partial charge in [-0.15, -0.1) is 0 Å². The van der Waals surface area contributed by atoms with E-state index in [1.165, 1.54) is 0 Å². The molecule has 4 nitrogen and oxygen atoms in total. The monoisotopic (exact) mass is 171 g/mol. The third-order valence-electron chi connectivity index (χ3n) is 1.89. The maximum Gasteiger partial charge on any atom is 0.312 e. The molecule has 0 saturated carbocycles. The van der Waals surface area contributed by atoms with Crippen molar-refractivity contribution in [2.45, 2.75) is 20.3 Å². The van der Waals surface area contributed by atoms with Gasteiger partial charge in [0.25, 0.3) is 0 Å². The van der Waals surface area contributed by atoms with Crippen LogP contribution in [0, 0.1) is 5.41 Å². The van der Waals surface area contributed by atoms with Crippen molar-refractivity contribution in [3.05, 3.63) is 0 Å². The highest BCUT2D eigenvalue weighted by Crippen LogP contribution is 2.28. The van der Waals surface area contributed by atoms with Crippen LogP contribution in [0.3, 0.4) is 0 Å². The van der Waals surface area contributed by atoms with E-state index >= 15 is 0 Å². The molecule has 0 bridgehead atoms. The molecule has 1 amide bonds. The van der Waals surface area contributed by atoms with Crippen molar-refractivity contribution in [1.82, 2.24) is 4.90 Å². The first-order chi connectivity index (χ1) is 5.41. The number of hydrogen-bond donors (Lipinski definition) is 1. The predicted octanol–water partition coefficient (Wildman–Crippen LogP) is 0.329. The number of rotatable bonds is 2. The zero-order valence-electron chi connectivity index (χ0n) is 7.33. The number of aliphatic carboxylic acids is 1. The Morgan fingerprint density at radius 3 is 2.25 bits per heavy atom. The molecule has 0 aromatic rings. The molecule has 1 aliphatic rings. The van der Waals surface area contributed by atoms with Crippen LogP contribution in [0.15, 0.2) is 0 Å². The smallest absolute Gasteiger partial charge is 0.312 e. The molecule has 1 fully saturated rings. The van der Waals surface area contributed by atoms with Gasteiger partial charge in [0.2, 0.25) is 5.91 Å².